The van der Waals surface area contributed by atoms with Crippen molar-refractivity contribution in [3.05, 3.63) is 21.9 Å². The molecule has 1 saturated carbocycles. The van der Waals surface area contributed by atoms with Crippen LogP contribution in [0.25, 0.3) is 0 Å². The molecule has 3 heteroatoms. The first-order chi connectivity index (χ1) is 9.15. The van der Waals surface area contributed by atoms with E-state index < -0.39 is 0 Å². The fourth-order valence-electron chi connectivity index (χ4n) is 3.33. The lowest BCUT2D eigenvalue weighted by Gasteiger charge is -2.38. The SMILES string of the molecule is CCC1CCC(N(C)C(CN)c2ccc(C)s2)CC1. The van der Waals surface area contributed by atoms with Crippen LogP contribution in [0.4, 0.5) is 0 Å². The Hall–Kier alpha value is -0.380. The van der Waals surface area contributed by atoms with Gasteiger partial charge in [-0.2, -0.15) is 0 Å². The number of thiophene rings is 1. The third-order valence-corrected chi connectivity index (χ3v) is 5.88. The first-order valence-corrected chi connectivity index (χ1v) is 8.45. The van der Waals surface area contributed by atoms with Crippen molar-refractivity contribution in [2.75, 3.05) is 13.6 Å². The predicted molar refractivity (Wildman–Crippen MR) is 84.7 cm³/mol. The van der Waals surface area contributed by atoms with Crippen LogP contribution in [-0.4, -0.2) is 24.5 Å². The van der Waals surface area contributed by atoms with Crippen LogP contribution in [0.5, 0.6) is 0 Å². The molecule has 1 fully saturated rings. The number of nitrogens with two attached hydrogens (primary N) is 1. The third-order valence-electron chi connectivity index (χ3n) is 4.77. The zero-order valence-corrected chi connectivity index (χ0v) is 13.4. The van der Waals surface area contributed by atoms with E-state index in [2.05, 4.69) is 37.9 Å². The van der Waals surface area contributed by atoms with E-state index in [1.807, 2.05) is 11.3 Å². The van der Waals surface area contributed by atoms with Crippen molar-refractivity contribution in [3.63, 3.8) is 0 Å². The molecule has 0 aromatic carbocycles. The molecule has 1 atom stereocenters. The fraction of sp³-hybridized carbons (Fsp3) is 0.750. The summed E-state index contributed by atoms with van der Waals surface area (Å²) in [4.78, 5) is 5.36. The Kier molecular flexibility index (Phi) is 5.43. The molecule has 0 bridgehead atoms. The van der Waals surface area contributed by atoms with Gasteiger partial charge in [-0.05, 0) is 57.7 Å². The first-order valence-electron chi connectivity index (χ1n) is 7.64. The van der Waals surface area contributed by atoms with E-state index in [1.165, 1.54) is 41.9 Å². The number of aryl methyl sites for hydroxylation is 1. The average Bonchev–Trinajstić information content (AvgIpc) is 2.86. The highest BCUT2D eigenvalue weighted by atomic mass is 32.1. The van der Waals surface area contributed by atoms with Crippen LogP contribution < -0.4 is 5.73 Å². The van der Waals surface area contributed by atoms with Crippen molar-refractivity contribution in [3.8, 4) is 0 Å². The van der Waals surface area contributed by atoms with Crippen molar-refractivity contribution in [1.29, 1.82) is 0 Å². The molecule has 0 aliphatic heterocycles. The molecule has 1 unspecified atom stereocenters. The third kappa shape index (κ3) is 3.59. The van der Waals surface area contributed by atoms with Crippen LogP contribution in [0.15, 0.2) is 12.1 Å². The summed E-state index contributed by atoms with van der Waals surface area (Å²) in [6, 6.07) is 5.59. The van der Waals surface area contributed by atoms with Crippen LogP contribution in [0.1, 0.15) is 54.8 Å². The number of hydrogen-bond donors (Lipinski definition) is 1. The molecule has 0 saturated heterocycles. The minimum absolute atomic E-state index is 0.405. The zero-order valence-electron chi connectivity index (χ0n) is 12.6. The smallest absolute Gasteiger partial charge is 0.0564 e. The van der Waals surface area contributed by atoms with Gasteiger partial charge in [0.2, 0.25) is 0 Å². The summed E-state index contributed by atoms with van der Waals surface area (Å²) in [6.45, 7) is 5.23. The van der Waals surface area contributed by atoms with Gasteiger partial charge in [-0.25, -0.2) is 0 Å². The predicted octanol–water partition coefficient (Wildman–Crippen LogP) is 3.96. The van der Waals surface area contributed by atoms with Gasteiger partial charge in [-0.15, -0.1) is 11.3 Å². The van der Waals surface area contributed by atoms with Crippen LogP contribution in [0.3, 0.4) is 0 Å². The standard InChI is InChI=1S/C16H28N2S/c1-4-13-6-8-14(9-7-13)18(3)15(11-17)16-10-5-12(2)19-16/h5,10,13-15H,4,6-9,11,17H2,1-3H3. The van der Waals surface area contributed by atoms with Crippen LogP contribution in [0, 0.1) is 12.8 Å². The molecule has 2 N–H and O–H groups in total. The highest BCUT2D eigenvalue weighted by molar-refractivity contribution is 7.12. The molecule has 19 heavy (non-hydrogen) atoms. The number of likely N-dealkylation sites (N-methyl/N-ethyl adjacent to an activating group) is 1. The quantitative estimate of drug-likeness (QED) is 0.884. The maximum Gasteiger partial charge on any atom is 0.0564 e. The Bertz CT molecular complexity index is 380. The highest BCUT2D eigenvalue weighted by Crippen LogP contribution is 2.34. The second kappa shape index (κ2) is 6.87. The molecule has 2 nitrogen and oxygen atoms in total. The minimum atomic E-state index is 0.405. The largest absolute Gasteiger partial charge is 0.329 e. The Labute approximate surface area is 122 Å². The molecule has 1 aromatic heterocycles. The minimum Gasteiger partial charge on any atom is -0.329 e. The monoisotopic (exact) mass is 280 g/mol. The van der Waals surface area contributed by atoms with Crippen molar-refractivity contribution >= 4 is 11.3 Å². The van der Waals surface area contributed by atoms with Gasteiger partial charge in [-0.3, -0.25) is 4.90 Å². The van der Waals surface area contributed by atoms with E-state index in [9.17, 15) is 0 Å². The van der Waals surface area contributed by atoms with Crippen molar-refractivity contribution in [2.24, 2.45) is 11.7 Å². The Morgan fingerprint density at radius 3 is 2.47 bits per heavy atom. The van der Waals surface area contributed by atoms with E-state index in [4.69, 9.17) is 5.73 Å². The van der Waals surface area contributed by atoms with E-state index in [1.54, 1.807) is 0 Å². The molecule has 0 spiro atoms. The lowest BCUT2D eigenvalue weighted by Crippen LogP contribution is -2.40. The Balaban J connectivity index is 1.99. The lowest BCUT2D eigenvalue weighted by atomic mass is 9.83. The molecular weight excluding hydrogens is 252 g/mol. The van der Waals surface area contributed by atoms with Gasteiger partial charge in [0.15, 0.2) is 0 Å². The van der Waals surface area contributed by atoms with Gasteiger partial charge < -0.3 is 5.73 Å². The Morgan fingerprint density at radius 1 is 1.32 bits per heavy atom. The lowest BCUT2D eigenvalue weighted by molar-refractivity contribution is 0.123. The second-order valence-corrected chi connectivity index (χ2v) is 7.27. The van der Waals surface area contributed by atoms with E-state index in [-0.39, 0.29) is 0 Å². The summed E-state index contributed by atoms with van der Waals surface area (Å²) in [7, 11) is 2.27. The summed E-state index contributed by atoms with van der Waals surface area (Å²) in [5.74, 6) is 0.963. The maximum absolute atomic E-state index is 6.04. The molecule has 1 aliphatic rings. The van der Waals surface area contributed by atoms with Gasteiger partial charge >= 0.3 is 0 Å². The zero-order chi connectivity index (χ0) is 13.8. The van der Waals surface area contributed by atoms with Crippen LogP contribution in [-0.2, 0) is 0 Å². The van der Waals surface area contributed by atoms with Gasteiger partial charge in [0.05, 0.1) is 6.04 Å². The summed E-state index contributed by atoms with van der Waals surface area (Å²) < 4.78 is 0. The molecule has 0 radical (unpaired) electrons. The van der Waals surface area contributed by atoms with E-state index in [0.29, 0.717) is 6.04 Å². The number of rotatable bonds is 5. The van der Waals surface area contributed by atoms with Crippen molar-refractivity contribution < 1.29 is 0 Å². The first kappa shape index (κ1) is 15.0. The van der Waals surface area contributed by atoms with Crippen LogP contribution in [0.2, 0.25) is 0 Å². The fourth-order valence-corrected chi connectivity index (χ4v) is 4.37. The summed E-state index contributed by atoms with van der Waals surface area (Å²) >= 11 is 1.90. The van der Waals surface area contributed by atoms with Gasteiger partial charge in [-0.1, -0.05) is 13.3 Å². The highest BCUT2D eigenvalue weighted by Gasteiger charge is 2.28. The van der Waals surface area contributed by atoms with Crippen molar-refractivity contribution in [2.45, 2.75) is 58.0 Å². The van der Waals surface area contributed by atoms with Crippen LogP contribution >= 0.6 is 11.3 Å². The summed E-state index contributed by atoms with van der Waals surface area (Å²) in [5, 5.41) is 0. The second-order valence-electron chi connectivity index (χ2n) is 5.95. The molecule has 1 aromatic rings. The maximum atomic E-state index is 6.04. The molecule has 108 valence electrons. The van der Waals surface area contributed by atoms with E-state index in [0.717, 1.165) is 18.5 Å². The Morgan fingerprint density at radius 2 is 2.00 bits per heavy atom. The topological polar surface area (TPSA) is 29.3 Å². The van der Waals surface area contributed by atoms with E-state index >= 15 is 0 Å². The molecule has 2 rings (SSSR count). The number of nitrogens with zero attached hydrogens (tertiary/aromatic N) is 1. The molecule has 0 amide bonds. The normalized spacial score (nSPS) is 25.7. The van der Waals surface area contributed by atoms with Crippen molar-refractivity contribution in [1.82, 2.24) is 4.90 Å². The molecule has 1 aliphatic carbocycles. The summed E-state index contributed by atoms with van der Waals surface area (Å²) in [5.41, 5.74) is 6.04. The van der Waals surface area contributed by atoms with Gasteiger partial charge in [0.25, 0.3) is 0 Å². The summed E-state index contributed by atoms with van der Waals surface area (Å²) in [6.07, 6.45) is 6.82. The molecule has 1 heterocycles. The number of hydrogen-bond acceptors (Lipinski definition) is 3. The average molecular weight is 280 g/mol. The van der Waals surface area contributed by atoms with Gasteiger partial charge in [0.1, 0.15) is 0 Å². The molecular formula is C16H28N2S. The van der Waals surface area contributed by atoms with Gasteiger partial charge in [0, 0.05) is 22.3 Å².